The molecule has 0 spiro atoms. The standard InChI is InChI=1S/C16H16O2.C15H16O2.C7H8O3S.2CH4.Na.O3S.H2O.H/c1-2-15-10-14(11-17)8-9-16(15)18-12-13-6-4-3-5-7-13;1-2-13-10-14(16)8-9-15(13)17-11-12-6-4-3-5-7-12;1-6-2-4-7(5-3-6)11(8,9)10;;;;1-4(2)3;;/h3-11H,2,12H2,1H3;3-10,16H,2,11H2,1H3;2-5H,1H3,(H,8,9,10);2*1H4;;;1H2;/q;;;;;+1;;;-1. The first-order valence-corrected chi connectivity index (χ1v) is 17.8. The van der Waals surface area contributed by atoms with Crippen molar-refractivity contribution in [1.82, 2.24) is 0 Å². The predicted octanol–water partition coefficient (Wildman–Crippen LogP) is 4.98. The quantitative estimate of drug-likeness (QED) is 0.111. The molecule has 0 amide bonds. The summed E-state index contributed by atoms with van der Waals surface area (Å²) in [6.07, 6.45) is 2.56. The van der Waals surface area contributed by atoms with Crippen LogP contribution in [0.3, 0.4) is 0 Å². The summed E-state index contributed by atoms with van der Waals surface area (Å²) in [6, 6.07) is 36.8. The van der Waals surface area contributed by atoms with Gasteiger partial charge in [0.15, 0.2) is 0 Å². The van der Waals surface area contributed by atoms with Gasteiger partial charge in [-0.15, -0.1) is 12.6 Å². The summed E-state index contributed by atoms with van der Waals surface area (Å²) < 4.78 is 66.4. The van der Waals surface area contributed by atoms with E-state index in [2.05, 4.69) is 6.92 Å². The number of aromatic hydroxyl groups is 1. The van der Waals surface area contributed by atoms with Gasteiger partial charge >= 0.3 is 40.2 Å². The van der Waals surface area contributed by atoms with Crippen molar-refractivity contribution in [3.8, 4) is 17.2 Å². The molecular formula is C40H51NaO11S2. The van der Waals surface area contributed by atoms with Crippen LogP contribution in [-0.4, -0.2) is 42.5 Å². The molecule has 0 bridgehead atoms. The molecule has 14 heteroatoms. The molecule has 54 heavy (non-hydrogen) atoms. The van der Waals surface area contributed by atoms with E-state index >= 15 is 0 Å². The first kappa shape index (κ1) is 54.0. The van der Waals surface area contributed by atoms with Gasteiger partial charge in [0.05, 0.1) is 4.90 Å². The Balaban J connectivity index is -0.000000330. The molecule has 5 aromatic carbocycles. The molecule has 0 aromatic heterocycles. The predicted molar refractivity (Wildman–Crippen MR) is 209 cm³/mol. The molecule has 0 radical (unpaired) electrons. The molecule has 0 fully saturated rings. The third-order valence-corrected chi connectivity index (χ3v) is 7.69. The van der Waals surface area contributed by atoms with E-state index in [1.54, 1.807) is 30.3 Å². The minimum Gasteiger partial charge on any atom is -1.00 e. The molecule has 4 N–H and O–H groups in total. The molecule has 11 nitrogen and oxygen atoms in total. The Labute approximate surface area is 344 Å². The third kappa shape index (κ3) is 21.4. The second-order valence-electron chi connectivity index (χ2n) is 10.5. The number of phenolic OH excluding ortho intramolecular Hbond substituents is 1. The molecule has 0 atom stereocenters. The fourth-order valence-electron chi connectivity index (χ4n) is 4.25. The summed E-state index contributed by atoms with van der Waals surface area (Å²) in [4.78, 5) is 10.7. The van der Waals surface area contributed by atoms with Gasteiger partial charge < -0.3 is 21.5 Å². The third-order valence-electron chi connectivity index (χ3n) is 6.82. The van der Waals surface area contributed by atoms with Crippen molar-refractivity contribution in [3.63, 3.8) is 0 Å². The summed E-state index contributed by atoms with van der Waals surface area (Å²) in [5, 5.41) is 9.40. The minimum absolute atomic E-state index is 0. The fourth-order valence-corrected chi connectivity index (χ4v) is 4.73. The van der Waals surface area contributed by atoms with E-state index in [1.807, 2.05) is 92.7 Å². The molecule has 0 aliphatic rings. The van der Waals surface area contributed by atoms with Crippen molar-refractivity contribution in [2.75, 3.05) is 0 Å². The van der Waals surface area contributed by atoms with Crippen molar-refractivity contribution < 1.29 is 81.4 Å². The molecule has 5 rings (SSSR count). The molecule has 0 unspecified atom stereocenters. The van der Waals surface area contributed by atoms with Crippen molar-refractivity contribution in [3.05, 3.63) is 155 Å². The topological polar surface area (TPSA) is 193 Å². The molecular weight excluding hydrogens is 744 g/mol. The molecule has 0 saturated carbocycles. The maximum Gasteiger partial charge on any atom is 1.00 e. The van der Waals surface area contributed by atoms with Crippen LogP contribution in [0.1, 0.15) is 68.3 Å². The van der Waals surface area contributed by atoms with Gasteiger partial charge in [-0.25, -0.2) is 0 Å². The molecule has 290 valence electrons. The fraction of sp³-hybridized carbons (Fsp3) is 0.225. The van der Waals surface area contributed by atoms with Gasteiger partial charge in [-0.05, 0) is 90.6 Å². The Hall–Kier alpha value is -4.34. The average Bonchev–Trinajstić information content (AvgIpc) is 3.11. The van der Waals surface area contributed by atoms with Gasteiger partial charge in [0.2, 0.25) is 0 Å². The summed E-state index contributed by atoms with van der Waals surface area (Å²) >= 11 is 0. The smallest absolute Gasteiger partial charge is 1.00 e. The zero-order chi connectivity index (χ0) is 36.9. The van der Waals surface area contributed by atoms with Crippen LogP contribution in [0.4, 0.5) is 0 Å². The number of carbonyl (C=O) groups excluding carboxylic acids is 1. The number of hydrogen-bond acceptors (Lipinski definition) is 9. The van der Waals surface area contributed by atoms with Gasteiger partial charge in [-0.1, -0.05) is 107 Å². The maximum absolute atomic E-state index is 10.7. The number of benzene rings is 5. The van der Waals surface area contributed by atoms with E-state index in [9.17, 15) is 18.3 Å². The number of rotatable bonds is 10. The van der Waals surface area contributed by atoms with Crippen LogP contribution < -0.4 is 39.0 Å². The van der Waals surface area contributed by atoms with Crippen LogP contribution in [0, 0.1) is 6.92 Å². The Bertz CT molecular complexity index is 1990. The molecule has 0 aliphatic heterocycles. The van der Waals surface area contributed by atoms with E-state index in [0.717, 1.165) is 58.4 Å². The zero-order valence-corrected chi connectivity index (χ0v) is 33.1. The molecule has 0 aliphatic carbocycles. The van der Waals surface area contributed by atoms with E-state index < -0.39 is 20.7 Å². The maximum atomic E-state index is 10.7. The average molecular weight is 795 g/mol. The SMILES string of the molecule is C.C.CCc1cc(C=O)ccc1OCc1ccccc1.CCc1cc(O)ccc1OCc1ccccc1.Cc1ccc(S(=O)(=O)O)cc1.O.O=S(=O)=O.[H-].[Na+]. The van der Waals surface area contributed by atoms with Crippen molar-refractivity contribution >= 4 is 27.0 Å². The first-order valence-electron chi connectivity index (χ1n) is 15.4. The van der Waals surface area contributed by atoms with Gasteiger partial charge in [0, 0.05) is 5.56 Å². The van der Waals surface area contributed by atoms with Crippen LogP contribution in [0.15, 0.2) is 126 Å². The van der Waals surface area contributed by atoms with Crippen molar-refractivity contribution in [2.45, 2.75) is 66.6 Å². The number of aryl methyl sites for hydroxylation is 3. The monoisotopic (exact) mass is 794 g/mol. The molecule has 0 heterocycles. The summed E-state index contributed by atoms with van der Waals surface area (Å²) in [5.74, 6) is 1.98. The normalized spacial score (nSPS) is 9.33. The Morgan fingerprint density at radius 2 is 1.09 bits per heavy atom. The van der Waals surface area contributed by atoms with Crippen LogP contribution >= 0.6 is 0 Å². The zero-order valence-electron chi connectivity index (χ0n) is 30.4. The number of phenols is 1. The van der Waals surface area contributed by atoms with Crippen molar-refractivity contribution in [2.24, 2.45) is 0 Å². The number of carbonyl (C=O) groups is 1. The summed E-state index contributed by atoms with van der Waals surface area (Å²) in [5.41, 5.74) is 6.02. The number of hydrogen-bond donors (Lipinski definition) is 2. The summed E-state index contributed by atoms with van der Waals surface area (Å²) in [7, 11) is -7.13. The minimum atomic E-state index is -4.02. The van der Waals surface area contributed by atoms with E-state index in [4.69, 9.17) is 26.7 Å². The second kappa shape index (κ2) is 29.1. The van der Waals surface area contributed by atoms with Gasteiger partial charge in [0.25, 0.3) is 10.1 Å². The van der Waals surface area contributed by atoms with Gasteiger partial charge in [-0.3, -0.25) is 9.35 Å². The van der Waals surface area contributed by atoms with E-state index in [1.165, 1.54) is 12.1 Å². The molecule has 5 aromatic rings. The van der Waals surface area contributed by atoms with Crippen LogP contribution in [0.5, 0.6) is 17.2 Å². The van der Waals surface area contributed by atoms with Crippen LogP contribution in [0.2, 0.25) is 0 Å². The van der Waals surface area contributed by atoms with Gasteiger partial charge in [-0.2, -0.15) is 8.42 Å². The summed E-state index contributed by atoms with van der Waals surface area (Å²) in [6.45, 7) is 7.05. The van der Waals surface area contributed by atoms with Gasteiger partial charge in [0.1, 0.15) is 36.7 Å². The Morgan fingerprint density at radius 3 is 1.48 bits per heavy atom. The van der Waals surface area contributed by atoms with Crippen LogP contribution in [0.25, 0.3) is 0 Å². The second-order valence-corrected chi connectivity index (χ2v) is 12.4. The Morgan fingerprint density at radius 1 is 0.685 bits per heavy atom. The number of aldehydes is 1. The first-order chi connectivity index (χ1) is 23.9. The Kier molecular flexibility index (Phi) is 29.1. The van der Waals surface area contributed by atoms with Crippen LogP contribution in [-0.2, 0) is 46.8 Å². The number of ether oxygens (including phenoxy) is 2. The molecule has 0 saturated heterocycles. The van der Waals surface area contributed by atoms with Crippen molar-refractivity contribution in [1.29, 1.82) is 0 Å². The van der Waals surface area contributed by atoms with E-state index in [0.29, 0.717) is 18.8 Å². The van der Waals surface area contributed by atoms with E-state index in [-0.39, 0.29) is 62.0 Å². The largest absolute Gasteiger partial charge is 1.00 e.